The van der Waals surface area contributed by atoms with Gasteiger partial charge in [-0.15, -0.1) is 0 Å². The SMILES string of the molecule is N#Cc1cccc([N+](=O)[O-])c1OCC(=O)NNC(=O)c1ccccc1. The molecule has 0 atom stereocenters. The van der Waals surface area contributed by atoms with Crippen LogP contribution < -0.4 is 15.6 Å². The van der Waals surface area contributed by atoms with Crippen LogP contribution in [0.4, 0.5) is 5.69 Å². The summed E-state index contributed by atoms with van der Waals surface area (Å²) in [6.45, 7) is -0.616. The van der Waals surface area contributed by atoms with Crippen LogP contribution in [0.15, 0.2) is 48.5 Å². The van der Waals surface area contributed by atoms with Gasteiger partial charge in [-0.1, -0.05) is 24.3 Å². The molecule has 0 bridgehead atoms. The summed E-state index contributed by atoms with van der Waals surface area (Å²) in [5, 5.41) is 19.9. The first-order valence-corrected chi connectivity index (χ1v) is 6.97. The van der Waals surface area contributed by atoms with Gasteiger partial charge in [0, 0.05) is 11.6 Å². The lowest BCUT2D eigenvalue weighted by molar-refractivity contribution is -0.385. The molecule has 2 amide bonds. The van der Waals surface area contributed by atoms with Crippen LogP contribution in [0.2, 0.25) is 0 Å². The first-order chi connectivity index (χ1) is 12.0. The van der Waals surface area contributed by atoms with Gasteiger partial charge < -0.3 is 4.74 Å². The second-order valence-electron chi connectivity index (χ2n) is 4.68. The van der Waals surface area contributed by atoms with Crippen molar-refractivity contribution in [1.29, 1.82) is 5.26 Å². The molecule has 9 nitrogen and oxygen atoms in total. The molecule has 2 rings (SSSR count). The number of hydrazine groups is 1. The summed E-state index contributed by atoms with van der Waals surface area (Å²) in [5.41, 5.74) is 4.14. The zero-order valence-electron chi connectivity index (χ0n) is 12.8. The van der Waals surface area contributed by atoms with E-state index >= 15 is 0 Å². The number of nitriles is 1. The minimum Gasteiger partial charge on any atom is -0.476 e. The van der Waals surface area contributed by atoms with Crippen molar-refractivity contribution in [2.45, 2.75) is 0 Å². The normalized spacial score (nSPS) is 9.56. The van der Waals surface area contributed by atoms with Gasteiger partial charge >= 0.3 is 5.69 Å². The highest BCUT2D eigenvalue weighted by Gasteiger charge is 2.20. The van der Waals surface area contributed by atoms with E-state index in [0.29, 0.717) is 5.56 Å². The Morgan fingerprint density at radius 2 is 1.84 bits per heavy atom. The van der Waals surface area contributed by atoms with Crippen molar-refractivity contribution >= 4 is 17.5 Å². The summed E-state index contributed by atoms with van der Waals surface area (Å²) in [4.78, 5) is 33.7. The second kappa shape index (κ2) is 8.07. The molecule has 2 aromatic carbocycles. The van der Waals surface area contributed by atoms with Gasteiger partial charge in [-0.05, 0) is 18.2 Å². The number of rotatable bonds is 5. The Hall–Kier alpha value is -3.93. The van der Waals surface area contributed by atoms with Gasteiger partial charge in [-0.25, -0.2) is 0 Å². The van der Waals surface area contributed by atoms with Gasteiger partial charge in [0.15, 0.2) is 6.61 Å². The number of nitro groups is 1. The summed E-state index contributed by atoms with van der Waals surface area (Å²) in [6.07, 6.45) is 0. The van der Waals surface area contributed by atoms with Crippen LogP contribution in [-0.4, -0.2) is 23.3 Å². The summed E-state index contributed by atoms with van der Waals surface area (Å²) < 4.78 is 5.09. The van der Waals surface area contributed by atoms with E-state index in [0.717, 1.165) is 6.07 Å². The largest absolute Gasteiger partial charge is 0.476 e. The first kappa shape index (κ1) is 17.4. The number of ether oxygens (including phenoxy) is 1. The Bertz CT molecular complexity index is 845. The summed E-state index contributed by atoms with van der Waals surface area (Å²) >= 11 is 0. The highest BCUT2D eigenvalue weighted by molar-refractivity contribution is 5.95. The van der Waals surface area contributed by atoms with Crippen LogP contribution in [0.5, 0.6) is 5.75 Å². The average Bonchev–Trinajstić information content (AvgIpc) is 2.64. The molecule has 0 radical (unpaired) electrons. The van der Waals surface area contributed by atoms with Crippen LogP contribution in [-0.2, 0) is 4.79 Å². The van der Waals surface area contributed by atoms with Crippen molar-refractivity contribution in [1.82, 2.24) is 10.9 Å². The van der Waals surface area contributed by atoms with Crippen LogP contribution in [0.25, 0.3) is 0 Å². The molecule has 0 aromatic heterocycles. The van der Waals surface area contributed by atoms with E-state index in [9.17, 15) is 19.7 Å². The van der Waals surface area contributed by atoms with Crippen molar-refractivity contribution in [2.24, 2.45) is 0 Å². The molecule has 9 heteroatoms. The fourth-order valence-electron chi connectivity index (χ4n) is 1.87. The van der Waals surface area contributed by atoms with Gasteiger partial charge in [-0.3, -0.25) is 30.6 Å². The molecular formula is C16H12N4O5. The zero-order chi connectivity index (χ0) is 18.2. The van der Waals surface area contributed by atoms with E-state index in [1.807, 2.05) is 0 Å². The quantitative estimate of drug-likeness (QED) is 0.622. The van der Waals surface area contributed by atoms with Crippen LogP contribution in [0, 0.1) is 21.4 Å². The highest BCUT2D eigenvalue weighted by atomic mass is 16.6. The van der Waals surface area contributed by atoms with Gasteiger partial charge in [0.25, 0.3) is 11.8 Å². The summed E-state index contributed by atoms with van der Waals surface area (Å²) in [7, 11) is 0. The third-order valence-corrected chi connectivity index (χ3v) is 3.01. The lowest BCUT2D eigenvalue weighted by Gasteiger charge is -2.10. The molecule has 0 aliphatic rings. The summed E-state index contributed by atoms with van der Waals surface area (Å²) in [6, 6.07) is 13.8. The molecule has 0 heterocycles. The van der Waals surface area contributed by atoms with Gasteiger partial charge in [0.05, 0.1) is 4.92 Å². The number of nitrogens with zero attached hydrogens (tertiary/aromatic N) is 2. The Balaban J connectivity index is 1.96. The maximum Gasteiger partial charge on any atom is 0.312 e. The molecule has 0 saturated carbocycles. The Kier molecular flexibility index (Phi) is 5.63. The fourth-order valence-corrected chi connectivity index (χ4v) is 1.87. The fraction of sp³-hybridized carbons (Fsp3) is 0.0625. The van der Waals surface area contributed by atoms with Crippen molar-refractivity contribution < 1.29 is 19.2 Å². The van der Waals surface area contributed by atoms with E-state index in [1.54, 1.807) is 36.4 Å². The predicted octanol–water partition coefficient (Wildman–Crippen LogP) is 1.31. The lowest BCUT2D eigenvalue weighted by Crippen LogP contribution is -2.43. The van der Waals surface area contributed by atoms with Crippen LogP contribution >= 0.6 is 0 Å². The standard InChI is InChI=1S/C16H12N4O5/c17-9-12-7-4-8-13(20(23)24)15(12)25-10-14(21)18-19-16(22)11-5-2-1-3-6-11/h1-8H,10H2,(H,18,21)(H,19,22). The molecule has 2 N–H and O–H groups in total. The third-order valence-electron chi connectivity index (χ3n) is 3.01. The van der Waals surface area contributed by atoms with Crippen molar-refractivity contribution in [2.75, 3.05) is 6.61 Å². The molecule has 0 spiro atoms. The van der Waals surface area contributed by atoms with E-state index in [-0.39, 0.29) is 11.3 Å². The number of amides is 2. The van der Waals surface area contributed by atoms with Gasteiger partial charge in [0.1, 0.15) is 11.6 Å². The molecule has 2 aromatic rings. The van der Waals surface area contributed by atoms with Gasteiger partial charge in [-0.2, -0.15) is 5.26 Å². The third kappa shape index (κ3) is 4.52. The first-order valence-electron chi connectivity index (χ1n) is 6.97. The van der Waals surface area contributed by atoms with Crippen molar-refractivity contribution in [3.05, 3.63) is 69.8 Å². The topological polar surface area (TPSA) is 134 Å². The second-order valence-corrected chi connectivity index (χ2v) is 4.68. The number of nitrogens with one attached hydrogen (secondary N) is 2. The minimum absolute atomic E-state index is 0.0738. The highest BCUT2D eigenvalue weighted by Crippen LogP contribution is 2.30. The van der Waals surface area contributed by atoms with Crippen molar-refractivity contribution in [3.8, 4) is 11.8 Å². The molecular weight excluding hydrogens is 328 g/mol. The van der Waals surface area contributed by atoms with Crippen LogP contribution in [0.3, 0.4) is 0 Å². The molecule has 126 valence electrons. The maximum absolute atomic E-state index is 11.8. The number of benzene rings is 2. The Morgan fingerprint density at radius 3 is 2.48 bits per heavy atom. The monoisotopic (exact) mass is 340 g/mol. The number of hydrogen-bond acceptors (Lipinski definition) is 6. The lowest BCUT2D eigenvalue weighted by atomic mass is 10.2. The number of para-hydroxylation sites is 1. The van der Waals surface area contributed by atoms with Crippen molar-refractivity contribution in [3.63, 3.8) is 0 Å². The van der Waals surface area contributed by atoms with Gasteiger partial charge in [0.2, 0.25) is 5.75 Å². The number of carbonyl (C=O) groups is 2. The number of hydrogen-bond donors (Lipinski definition) is 2. The number of nitro benzene ring substituents is 1. The minimum atomic E-state index is -0.744. The molecule has 0 aliphatic carbocycles. The van der Waals surface area contributed by atoms with E-state index in [1.165, 1.54) is 12.1 Å². The summed E-state index contributed by atoms with van der Waals surface area (Å²) in [5.74, 6) is -1.58. The van der Waals surface area contributed by atoms with Crippen LogP contribution in [0.1, 0.15) is 15.9 Å². The molecule has 0 aliphatic heterocycles. The van der Waals surface area contributed by atoms with E-state index < -0.39 is 29.0 Å². The molecule has 0 unspecified atom stereocenters. The maximum atomic E-state index is 11.8. The Labute approximate surface area is 142 Å². The van der Waals surface area contributed by atoms with E-state index in [4.69, 9.17) is 10.00 Å². The smallest absolute Gasteiger partial charge is 0.312 e. The molecule has 0 saturated heterocycles. The molecule has 25 heavy (non-hydrogen) atoms. The van der Waals surface area contributed by atoms with E-state index in [2.05, 4.69) is 10.9 Å². The molecule has 0 fully saturated rings. The predicted molar refractivity (Wildman–Crippen MR) is 85.4 cm³/mol. The zero-order valence-corrected chi connectivity index (χ0v) is 12.8. The average molecular weight is 340 g/mol. The number of carbonyl (C=O) groups excluding carboxylic acids is 2. The Morgan fingerprint density at radius 1 is 1.12 bits per heavy atom.